The number of rotatable bonds is 6. The summed E-state index contributed by atoms with van der Waals surface area (Å²) in [6, 6.07) is 4.81. The Kier molecular flexibility index (Phi) is 6.22. The van der Waals surface area contributed by atoms with Gasteiger partial charge in [0, 0.05) is 11.9 Å². The van der Waals surface area contributed by atoms with Gasteiger partial charge >= 0.3 is 0 Å². The van der Waals surface area contributed by atoms with Gasteiger partial charge in [-0.3, -0.25) is 0 Å². The summed E-state index contributed by atoms with van der Waals surface area (Å²) in [5, 5.41) is 4.51. The van der Waals surface area contributed by atoms with Crippen LogP contribution in [0.3, 0.4) is 0 Å². The molecule has 0 heterocycles. The molecular formula is C11H14BrClFN. The first-order valence-corrected chi connectivity index (χ1v) is 6.44. The molecular weight excluding hydrogens is 280 g/mol. The van der Waals surface area contributed by atoms with Gasteiger partial charge in [0.25, 0.3) is 0 Å². The van der Waals surface area contributed by atoms with Crippen molar-refractivity contribution in [3.8, 4) is 0 Å². The summed E-state index contributed by atoms with van der Waals surface area (Å²) < 4.78 is 12.8. The highest BCUT2D eigenvalue weighted by Gasteiger charge is 1.99. The van der Waals surface area contributed by atoms with E-state index in [9.17, 15) is 4.39 Å². The van der Waals surface area contributed by atoms with Crippen LogP contribution in [-0.2, 0) is 6.54 Å². The van der Waals surface area contributed by atoms with Crippen molar-refractivity contribution in [3.63, 3.8) is 0 Å². The fraction of sp³-hybridized carbons (Fsp3) is 0.455. The van der Waals surface area contributed by atoms with Crippen molar-refractivity contribution in [1.82, 2.24) is 5.32 Å². The van der Waals surface area contributed by atoms with E-state index in [1.165, 1.54) is 6.07 Å². The third kappa shape index (κ3) is 4.96. The number of hydrogen-bond donors (Lipinski definition) is 1. The molecule has 0 aliphatic heterocycles. The number of alkyl halides is 1. The van der Waals surface area contributed by atoms with Crippen molar-refractivity contribution in [2.75, 3.05) is 11.9 Å². The van der Waals surface area contributed by atoms with Crippen LogP contribution in [0.1, 0.15) is 18.4 Å². The van der Waals surface area contributed by atoms with Gasteiger partial charge in [0.15, 0.2) is 0 Å². The average Bonchev–Trinajstić information content (AvgIpc) is 2.23. The number of hydrogen-bond acceptors (Lipinski definition) is 1. The van der Waals surface area contributed by atoms with Crippen molar-refractivity contribution >= 4 is 27.5 Å². The molecule has 0 fully saturated rings. The Bertz CT molecular complexity index is 307. The predicted molar refractivity (Wildman–Crippen MR) is 66.1 cm³/mol. The largest absolute Gasteiger partial charge is 0.313 e. The summed E-state index contributed by atoms with van der Waals surface area (Å²) in [6.45, 7) is 1.71. The smallest absolute Gasteiger partial charge is 0.141 e. The van der Waals surface area contributed by atoms with Gasteiger partial charge in [-0.1, -0.05) is 33.6 Å². The molecule has 1 rings (SSSR count). The Labute approximate surface area is 103 Å². The maximum absolute atomic E-state index is 12.8. The molecule has 0 radical (unpaired) electrons. The summed E-state index contributed by atoms with van der Waals surface area (Å²) in [5.74, 6) is -0.361. The minimum absolute atomic E-state index is 0.190. The zero-order valence-electron chi connectivity index (χ0n) is 8.40. The monoisotopic (exact) mass is 293 g/mol. The van der Waals surface area contributed by atoms with E-state index >= 15 is 0 Å². The van der Waals surface area contributed by atoms with Crippen LogP contribution in [0, 0.1) is 5.82 Å². The average molecular weight is 295 g/mol. The van der Waals surface area contributed by atoms with Gasteiger partial charge in [0.1, 0.15) is 5.82 Å². The highest BCUT2D eigenvalue weighted by atomic mass is 79.9. The Morgan fingerprint density at radius 2 is 2.13 bits per heavy atom. The molecule has 0 bridgehead atoms. The SMILES string of the molecule is Fc1ccc(CNCCCCBr)cc1Cl. The zero-order chi connectivity index (χ0) is 11.1. The lowest BCUT2D eigenvalue weighted by atomic mass is 10.2. The van der Waals surface area contributed by atoms with E-state index in [4.69, 9.17) is 11.6 Å². The van der Waals surface area contributed by atoms with E-state index < -0.39 is 0 Å². The molecule has 0 atom stereocenters. The van der Waals surface area contributed by atoms with Gasteiger partial charge < -0.3 is 5.32 Å². The van der Waals surface area contributed by atoms with E-state index in [0.29, 0.717) is 0 Å². The molecule has 0 saturated carbocycles. The molecule has 1 N–H and O–H groups in total. The minimum atomic E-state index is -0.361. The molecule has 0 saturated heterocycles. The molecule has 1 aromatic carbocycles. The molecule has 15 heavy (non-hydrogen) atoms. The lowest BCUT2D eigenvalue weighted by molar-refractivity contribution is 0.622. The van der Waals surface area contributed by atoms with E-state index in [2.05, 4.69) is 21.2 Å². The Morgan fingerprint density at radius 1 is 1.33 bits per heavy atom. The van der Waals surface area contributed by atoms with E-state index in [-0.39, 0.29) is 10.8 Å². The summed E-state index contributed by atoms with van der Waals surface area (Å²) >= 11 is 9.04. The van der Waals surface area contributed by atoms with Gasteiger partial charge in [-0.15, -0.1) is 0 Å². The molecule has 0 spiro atoms. The maximum atomic E-state index is 12.8. The van der Waals surface area contributed by atoms with Crippen LogP contribution in [0.2, 0.25) is 5.02 Å². The number of benzene rings is 1. The molecule has 0 aromatic heterocycles. The summed E-state index contributed by atoms with van der Waals surface area (Å²) in [5.41, 5.74) is 1.01. The normalized spacial score (nSPS) is 10.6. The van der Waals surface area contributed by atoms with Crippen LogP contribution in [0.15, 0.2) is 18.2 Å². The standard InChI is InChI=1S/C11H14BrClFN/c12-5-1-2-6-15-8-9-3-4-11(14)10(13)7-9/h3-4,7,15H,1-2,5-6,8H2. The third-order valence-electron chi connectivity index (χ3n) is 2.05. The molecule has 0 unspecified atom stereocenters. The van der Waals surface area contributed by atoms with Crippen molar-refractivity contribution in [2.45, 2.75) is 19.4 Å². The van der Waals surface area contributed by atoms with Crippen molar-refractivity contribution in [3.05, 3.63) is 34.6 Å². The van der Waals surface area contributed by atoms with Gasteiger partial charge in [-0.2, -0.15) is 0 Å². The number of nitrogens with one attached hydrogen (secondary N) is 1. The minimum Gasteiger partial charge on any atom is -0.313 e. The van der Waals surface area contributed by atoms with E-state index in [0.717, 1.165) is 36.8 Å². The predicted octanol–water partition coefficient (Wildman–Crippen LogP) is 3.74. The second-order valence-corrected chi connectivity index (χ2v) is 4.52. The number of unbranched alkanes of at least 4 members (excludes halogenated alkanes) is 1. The van der Waals surface area contributed by atoms with Gasteiger partial charge in [0.05, 0.1) is 5.02 Å². The summed E-state index contributed by atoms with van der Waals surface area (Å²) in [4.78, 5) is 0. The van der Waals surface area contributed by atoms with Gasteiger partial charge in [0.2, 0.25) is 0 Å². The first kappa shape index (κ1) is 12.9. The lowest BCUT2D eigenvalue weighted by Gasteiger charge is -2.04. The first-order chi connectivity index (χ1) is 7.24. The van der Waals surface area contributed by atoms with E-state index in [1.54, 1.807) is 12.1 Å². The fourth-order valence-corrected chi connectivity index (χ4v) is 1.83. The molecule has 4 heteroatoms. The van der Waals surface area contributed by atoms with Crippen LogP contribution < -0.4 is 5.32 Å². The number of halogens is 3. The Morgan fingerprint density at radius 3 is 2.80 bits per heavy atom. The highest BCUT2D eigenvalue weighted by Crippen LogP contribution is 2.15. The molecule has 1 aromatic rings. The molecule has 1 nitrogen and oxygen atoms in total. The topological polar surface area (TPSA) is 12.0 Å². The van der Waals surface area contributed by atoms with Crippen LogP contribution in [0.5, 0.6) is 0 Å². The lowest BCUT2D eigenvalue weighted by Crippen LogP contribution is -2.14. The van der Waals surface area contributed by atoms with Gasteiger partial charge in [-0.25, -0.2) is 4.39 Å². The van der Waals surface area contributed by atoms with Crippen LogP contribution >= 0.6 is 27.5 Å². The molecule has 0 amide bonds. The van der Waals surface area contributed by atoms with Crippen LogP contribution in [0.4, 0.5) is 4.39 Å². The van der Waals surface area contributed by atoms with Crippen LogP contribution in [-0.4, -0.2) is 11.9 Å². The maximum Gasteiger partial charge on any atom is 0.141 e. The van der Waals surface area contributed by atoms with Crippen molar-refractivity contribution in [2.24, 2.45) is 0 Å². The highest BCUT2D eigenvalue weighted by molar-refractivity contribution is 9.09. The molecule has 0 aliphatic rings. The first-order valence-electron chi connectivity index (χ1n) is 4.94. The molecule has 84 valence electrons. The Hall–Kier alpha value is -0.120. The van der Waals surface area contributed by atoms with Crippen molar-refractivity contribution < 1.29 is 4.39 Å². The second-order valence-electron chi connectivity index (χ2n) is 3.32. The van der Waals surface area contributed by atoms with Crippen LogP contribution in [0.25, 0.3) is 0 Å². The van der Waals surface area contributed by atoms with Gasteiger partial charge in [-0.05, 0) is 37.1 Å². The zero-order valence-corrected chi connectivity index (χ0v) is 10.7. The summed E-state index contributed by atoms with van der Waals surface area (Å²) in [7, 11) is 0. The van der Waals surface area contributed by atoms with Crippen molar-refractivity contribution in [1.29, 1.82) is 0 Å². The van der Waals surface area contributed by atoms with E-state index in [1.807, 2.05) is 0 Å². The molecule has 0 aliphatic carbocycles. The Balaban J connectivity index is 2.28. The quantitative estimate of drug-likeness (QED) is 0.622. The fourth-order valence-electron chi connectivity index (χ4n) is 1.23. The second kappa shape index (κ2) is 7.20. The summed E-state index contributed by atoms with van der Waals surface area (Å²) in [6.07, 6.45) is 2.30. The third-order valence-corrected chi connectivity index (χ3v) is 2.90.